The molecule has 1 fully saturated rings. The number of nitrogens with one attached hydrogen (secondary N) is 1. The molecule has 1 N–H and O–H groups in total. The van der Waals surface area contributed by atoms with Crippen molar-refractivity contribution in [1.29, 1.82) is 0 Å². The van der Waals surface area contributed by atoms with Gasteiger partial charge >= 0.3 is 6.09 Å². The predicted molar refractivity (Wildman–Crippen MR) is 88.4 cm³/mol. The summed E-state index contributed by atoms with van der Waals surface area (Å²) in [5.41, 5.74) is -0.611. The van der Waals surface area contributed by atoms with E-state index in [1.165, 1.54) is 4.90 Å². The summed E-state index contributed by atoms with van der Waals surface area (Å²) in [5, 5.41) is 3.10. The highest BCUT2D eigenvalue weighted by Gasteiger charge is 2.36. The van der Waals surface area contributed by atoms with Crippen molar-refractivity contribution in [3.8, 4) is 0 Å². The van der Waals surface area contributed by atoms with E-state index in [0.29, 0.717) is 25.5 Å². The van der Waals surface area contributed by atoms with E-state index in [2.05, 4.69) is 15.3 Å². The molecule has 126 valence electrons. The number of carbonyl (C=O) groups excluding carboxylic acids is 2. The highest BCUT2D eigenvalue weighted by Crippen LogP contribution is 2.21. The molecule has 7 nitrogen and oxygen atoms in total. The molecule has 1 aromatic rings. The lowest BCUT2D eigenvalue weighted by Gasteiger charge is -2.23. The lowest BCUT2D eigenvalue weighted by Crippen LogP contribution is -2.38. The maximum Gasteiger partial charge on any atom is 0.417 e. The molecule has 0 radical (unpaired) electrons. The molecule has 1 saturated heterocycles. The number of imide groups is 1. The number of rotatable bonds is 4. The quantitative estimate of drug-likeness (QED) is 0.844. The Kier molecular flexibility index (Phi) is 5.46. The molecule has 2 heterocycles. The molecule has 0 unspecified atom stereocenters. The molecule has 1 aliphatic rings. The molecule has 1 aliphatic heterocycles. The monoisotopic (exact) mass is 338 g/mol. The van der Waals surface area contributed by atoms with E-state index in [0.717, 1.165) is 4.90 Å². The van der Waals surface area contributed by atoms with Crippen LogP contribution >= 0.6 is 11.8 Å². The van der Waals surface area contributed by atoms with Crippen LogP contribution in [0.3, 0.4) is 0 Å². The number of likely N-dealkylation sites (tertiary alicyclic amines) is 1. The third kappa shape index (κ3) is 5.09. The lowest BCUT2D eigenvalue weighted by molar-refractivity contribution is -0.127. The molecule has 23 heavy (non-hydrogen) atoms. The first-order valence-electron chi connectivity index (χ1n) is 7.42. The van der Waals surface area contributed by atoms with Gasteiger partial charge in [0.05, 0.1) is 0 Å². The highest BCUT2D eigenvalue weighted by molar-refractivity contribution is 7.98. The van der Waals surface area contributed by atoms with E-state index in [4.69, 9.17) is 4.74 Å². The number of hydrogen-bond donors (Lipinski definition) is 1. The number of thioether (sulfide) groups is 1. The number of hydrogen-bond acceptors (Lipinski definition) is 7. The Labute approximate surface area is 140 Å². The van der Waals surface area contributed by atoms with Gasteiger partial charge < -0.3 is 10.1 Å². The van der Waals surface area contributed by atoms with Gasteiger partial charge in [0.25, 0.3) is 0 Å². The highest BCUT2D eigenvalue weighted by atomic mass is 32.2. The molecule has 0 aromatic carbocycles. The zero-order chi connectivity index (χ0) is 17.0. The van der Waals surface area contributed by atoms with Crippen LogP contribution in [0.15, 0.2) is 17.3 Å². The number of carbonyl (C=O) groups is 2. The van der Waals surface area contributed by atoms with Crippen molar-refractivity contribution >= 4 is 29.7 Å². The summed E-state index contributed by atoms with van der Waals surface area (Å²) in [6, 6.07) is 0. The Balaban J connectivity index is 1.86. The van der Waals surface area contributed by atoms with Gasteiger partial charge in [-0.3, -0.25) is 4.79 Å². The smallest absolute Gasteiger partial charge is 0.417 e. The second-order valence-electron chi connectivity index (χ2n) is 6.38. The Bertz CT molecular complexity index is 571. The van der Waals surface area contributed by atoms with Crippen LogP contribution in [0.5, 0.6) is 0 Å². The summed E-state index contributed by atoms with van der Waals surface area (Å²) in [5.74, 6) is 0.342. The van der Waals surface area contributed by atoms with Crippen molar-refractivity contribution in [3.05, 3.63) is 12.4 Å². The standard InChI is InChI=1S/C15H22N4O3S/c1-15(2,3)22-14(21)19-9-10(5-12(19)20)6-16-13-17-7-11(23-4)8-18-13/h7-8,10H,5-6,9H2,1-4H3,(H,16,17,18)/t10-/m0/s1. The average molecular weight is 338 g/mol. The Morgan fingerprint density at radius 3 is 2.65 bits per heavy atom. The van der Waals surface area contributed by atoms with Gasteiger partial charge in [-0.1, -0.05) is 0 Å². The van der Waals surface area contributed by atoms with Gasteiger partial charge in [-0.2, -0.15) is 0 Å². The number of anilines is 1. The number of nitrogens with zero attached hydrogens (tertiary/aromatic N) is 3. The van der Waals surface area contributed by atoms with Crippen molar-refractivity contribution in [2.45, 2.75) is 37.7 Å². The minimum absolute atomic E-state index is 0.0267. The molecule has 1 atom stereocenters. The van der Waals surface area contributed by atoms with Gasteiger partial charge in [0.15, 0.2) is 0 Å². The second kappa shape index (κ2) is 7.16. The molecular weight excluding hydrogens is 316 g/mol. The minimum atomic E-state index is -0.611. The van der Waals surface area contributed by atoms with Gasteiger partial charge in [-0.05, 0) is 27.0 Å². The molecular formula is C15H22N4O3S. The van der Waals surface area contributed by atoms with Crippen molar-refractivity contribution in [3.63, 3.8) is 0 Å². The number of ether oxygens (including phenoxy) is 1. The topological polar surface area (TPSA) is 84.4 Å². The summed E-state index contributed by atoms with van der Waals surface area (Å²) in [7, 11) is 0. The van der Waals surface area contributed by atoms with E-state index >= 15 is 0 Å². The van der Waals surface area contributed by atoms with Crippen molar-refractivity contribution in [1.82, 2.24) is 14.9 Å². The fourth-order valence-electron chi connectivity index (χ4n) is 2.16. The maximum absolute atomic E-state index is 12.0. The van der Waals surface area contributed by atoms with Gasteiger partial charge in [-0.15, -0.1) is 11.8 Å². The summed E-state index contributed by atoms with van der Waals surface area (Å²) in [6.07, 6.45) is 5.18. The Hall–Kier alpha value is -1.83. The van der Waals surface area contributed by atoms with Crippen LogP contribution in [0.4, 0.5) is 10.7 Å². The normalized spacial score (nSPS) is 18.2. The third-order valence-electron chi connectivity index (χ3n) is 3.23. The molecule has 0 aliphatic carbocycles. The van der Waals surface area contributed by atoms with Crippen LogP contribution in [0.2, 0.25) is 0 Å². The summed E-state index contributed by atoms with van der Waals surface area (Å²) < 4.78 is 5.25. The molecule has 8 heteroatoms. The van der Waals surface area contributed by atoms with Crippen molar-refractivity contribution in [2.24, 2.45) is 5.92 Å². The van der Waals surface area contributed by atoms with Crippen LogP contribution in [0.25, 0.3) is 0 Å². The summed E-state index contributed by atoms with van der Waals surface area (Å²) in [4.78, 5) is 34.5. The molecule has 2 rings (SSSR count). The van der Waals surface area contributed by atoms with Crippen LogP contribution in [0, 0.1) is 5.92 Å². The molecule has 0 spiro atoms. The first kappa shape index (κ1) is 17.5. The predicted octanol–water partition coefficient (Wildman–Crippen LogP) is 2.39. The number of aromatic nitrogens is 2. The zero-order valence-corrected chi connectivity index (χ0v) is 14.6. The van der Waals surface area contributed by atoms with Gasteiger partial charge in [-0.25, -0.2) is 19.7 Å². The van der Waals surface area contributed by atoms with E-state index in [-0.39, 0.29) is 11.8 Å². The molecule has 0 saturated carbocycles. The van der Waals surface area contributed by atoms with Crippen LogP contribution in [-0.4, -0.2) is 51.8 Å². The number of amides is 2. The van der Waals surface area contributed by atoms with Gasteiger partial charge in [0, 0.05) is 42.7 Å². The first-order chi connectivity index (χ1) is 10.8. The lowest BCUT2D eigenvalue weighted by atomic mass is 10.1. The van der Waals surface area contributed by atoms with Crippen molar-refractivity contribution in [2.75, 3.05) is 24.7 Å². The Morgan fingerprint density at radius 1 is 1.43 bits per heavy atom. The van der Waals surface area contributed by atoms with Gasteiger partial charge in [0.2, 0.25) is 11.9 Å². The van der Waals surface area contributed by atoms with Crippen LogP contribution in [0.1, 0.15) is 27.2 Å². The van der Waals surface area contributed by atoms with E-state index < -0.39 is 11.7 Å². The van der Waals surface area contributed by atoms with Crippen LogP contribution in [-0.2, 0) is 9.53 Å². The van der Waals surface area contributed by atoms with Crippen molar-refractivity contribution < 1.29 is 14.3 Å². The van der Waals surface area contributed by atoms with E-state index in [9.17, 15) is 9.59 Å². The molecule has 1 aromatic heterocycles. The second-order valence-corrected chi connectivity index (χ2v) is 7.26. The fourth-order valence-corrected chi connectivity index (χ4v) is 2.48. The average Bonchev–Trinajstić information content (AvgIpc) is 2.85. The van der Waals surface area contributed by atoms with E-state index in [1.54, 1.807) is 44.9 Å². The minimum Gasteiger partial charge on any atom is -0.443 e. The SMILES string of the molecule is CSc1cnc(NC[C@@H]2CC(=O)N(C(=O)OC(C)(C)C)C2)nc1. The van der Waals surface area contributed by atoms with E-state index in [1.807, 2.05) is 6.26 Å². The first-order valence-corrected chi connectivity index (χ1v) is 8.64. The van der Waals surface area contributed by atoms with Gasteiger partial charge in [0.1, 0.15) is 5.60 Å². The fraction of sp³-hybridized carbons (Fsp3) is 0.600. The zero-order valence-electron chi connectivity index (χ0n) is 13.8. The Morgan fingerprint density at radius 2 is 2.09 bits per heavy atom. The van der Waals surface area contributed by atoms with Crippen LogP contribution < -0.4 is 5.32 Å². The molecule has 0 bridgehead atoms. The summed E-state index contributed by atoms with van der Waals surface area (Å²) >= 11 is 1.57. The maximum atomic E-state index is 12.0. The third-order valence-corrected chi connectivity index (χ3v) is 3.91. The largest absolute Gasteiger partial charge is 0.443 e. The summed E-state index contributed by atoms with van der Waals surface area (Å²) in [6.45, 7) is 6.22. The molecule has 2 amide bonds.